The second-order valence-corrected chi connectivity index (χ2v) is 1.75. The lowest BCUT2D eigenvalue weighted by atomic mass is 10.5. The van der Waals surface area contributed by atoms with Gasteiger partial charge < -0.3 is 5.11 Å². The van der Waals surface area contributed by atoms with Gasteiger partial charge in [-0.1, -0.05) is 0 Å². The van der Waals surface area contributed by atoms with E-state index in [-0.39, 0.29) is 11.0 Å². The summed E-state index contributed by atoms with van der Waals surface area (Å²) >= 11 is 5.24. The van der Waals surface area contributed by atoms with Gasteiger partial charge in [0.1, 0.15) is 0 Å². The molecule has 1 heterocycles. The fraction of sp³-hybridized carbons (Fsp3) is 0. The molecule has 0 spiro atoms. The molecule has 0 saturated heterocycles. The van der Waals surface area contributed by atoms with Crippen LogP contribution in [0.2, 0.25) is 5.28 Å². The number of aromatic carboxylic acids is 1. The fourth-order valence-electron chi connectivity index (χ4n) is 0.385. The van der Waals surface area contributed by atoms with Crippen LogP contribution in [0.15, 0.2) is 6.20 Å². The van der Waals surface area contributed by atoms with Crippen LogP contribution in [0.5, 0.6) is 0 Å². The normalized spacial score (nSPS) is 9.30. The van der Waals surface area contributed by atoms with Gasteiger partial charge in [0.05, 0.1) is 6.20 Å². The minimum absolute atomic E-state index is 0.167. The van der Waals surface area contributed by atoms with Crippen molar-refractivity contribution in [2.75, 3.05) is 0 Å². The summed E-state index contributed by atoms with van der Waals surface area (Å²) in [5.41, 5.74) is -0.208. The molecule has 1 aromatic rings. The molecule has 0 unspecified atom stereocenters. The van der Waals surface area contributed by atoms with Crippen molar-refractivity contribution in [3.63, 3.8) is 0 Å². The molecule has 0 fully saturated rings. The van der Waals surface area contributed by atoms with Crippen LogP contribution >= 0.6 is 11.6 Å². The smallest absolute Gasteiger partial charge is 0.356 e. The van der Waals surface area contributed by atoms with Crippen LogP contribution < -0.4 is 0 Å². The monoisotopic (exact) mass is 159 g/mol. The van der Waals surface area contributed by atoms with Gasteiger partial charge in [0, 0.05) is 0 Å². The first kappa shape index (κ1) is 6.88. The predicted molar refractivity (Wildman–Crippen MR) is 31.8 cm³/mol. The largest absolute Gasteiger partial charge is 0.476 e. The molecule has 0 radical (unpaired) electrons. The van der Waals surface area contributed by atoms with Crippen molar-refractivity contribution in [1.29, 1.82) is 0 Å². The minimum Gasteiger partial charge on any atom is -0.476 e. The number of carboxylic acid groups (broad SMARTS) is 1. The molecular formula is C4H2ClN3O2. The summed E-state index contributed by atoms with van der Waals surface area (Å²) in [6, 6.07) is 0. The van der Waals surface area contributed by atoms with Crippen LogP contribution in [0.3, 0.4) is 0 Å². The maximum atomic E-state index is 10.2. The van der Waals surface area contributed by atoms with Gasteiger partial charge in [-0.2, -0.15) is 5.10 Å². The Morgan fingerprint density at radius 2 is 2.40 bits per heavy atom. The van der Waals surface area contributed by atoms with Crippen LogP contribution in [0, 0.1) is 0 Å². The van der Waals surface area contributed by atoms with Crippen molar-refractivity contribution < 1.29 is 9.90 Å². The molecule has 0 saturated carbocycles. The number of nitrogens with zero attached hydrogens (tertiary/aromatic N) is 3. The number of carboxylic acids is 1. The fourth-order valence-corrected chi connectivity index (χ4v) is 0.520. The zero-order chi connectivity index (χ0) is 7.56. The van der Waals surface area contributed by atoms with Gasteiger partial charge in [-0.25, -0.2) is 9.78 Å². The van der Waals surface area contributed by atoms with E-state index in [2.05, 4.69) is 15.2 Å². The second kappa shape index (κ2) is 2.57. The van der Waals surface area contributed by atoms with Crippen LogP contribution in [0.1, 0.15) is 10.5 Å². The number of aromatic nitrogens is 3. The molecule has 0 atom stereocenters. The molecular weight excluding hydrogens is 158 g/mol. The maximum absolute atomic E-state index is 10.2. The Bertz CT molecular complexity index is 264. The topological polar surface area (TPSA) is 76.0 Å². The van der Waals surface area contributed by atoms with E-state index in [9.17, 15) is 4.79 Å². The highest BCUT2D eigenvalue weighted by Crippen LogP contribution is 1.97. The third-order valence-corrected chi connectivity index (χ3v) is 0.912. The first-order valence-electron chi connectivity index (χ1n) is 2.28. The number of halogens is 1. The van der Waals surface area contributed by atoms with E-state index in [0.717, 1.165) is 6.20 Å². The molecule has 1 aromatic heterocycles. The Morgan fingerprint density at radius 1 is 1.70 bits per heavy atom. The quantitative estimate of drug-likeness (QED) is 0.635. The van der Waals surface area contributed by atoms with E-state index in [1.54, 1.807) is 0 Å². The third-order valence-electron chi connectivity index (χ3n) is 0.752. The number of rotatable bonds is 1. The summed E-state index contributed by atoms with van der Waals surface area (Å²) in [7, 11) is 0. The van der Waals surface area contributed by atoms with Crippen molar-refractivity contribution in [1.82, 2.24) is 15.2 Å². The summed E-state index contributed by atoms with van der Waals surface area (Å²) in [4.78, 5) is 13.5. The maximum Gasteiger partial charge on any atom is 0.356 e. The summed E-state index contributed by atoms with van der Waals surface area (Å²) < 4.78 is 0. The van der Waals surface area contributed by atoms with E-state index < -0.39 is 5.97 Å². The number of carbonyl (C=O) groups is 1. The van der Waals surface area contributed by atoms with Crippen molar-refractivity contribution >= 4 is 17.6 Å². The molecule has 0 aliphatic rings. The Morgan fingerprint density at radius 3 is 2.80 bits per heavy atom. The van der Waals surface area contributed by atoms with Gasteiger partial charge in [-0.3, -0.25) is 0 Å². The van der Waals surface area contributed by atoms with E-state index in [4.69, 9.17) is 16.7 Å². The first-order chi connectivity index (χ1) is 4.70. The van der Waals surface area contributed by atoms with Gasteiger partial charge in [0.25, 0.3) is 0 Å². The standard InChI is InChI=1S/C4H2ClN3O2/c5-4-7-2(3(9)10)1-6-8-4/h1H,(H,9,10). The van der Waals surface area contributed by atoms with Gasteiger partial charge >= 0.3 is 5.97 Å². The highest BCUT2D eigenvalue weighted by Gasteiger charge is 2.04. The number of hydrogen-bond donors (Lipinski definition) is 1. The third kappa shape index (κ3) is 1.38. The van der Waals surface area contributed by atoms with Crippen LogP contribution in [-0.4, -0.2) is 26.3 Å². The van der Waals surface area contributed by atoms with Crippen molar-refractivity contribution in [3.8, 4) is 0 Å². The van der Waals surface area contributed by atoms with Crippen molar-refractivity contribution in [2.24, 2.45) is 0 Å². The Hall–Kier alpha value is -1.23. The molecule has 0 aromatic carbocycles. The lowest BCUT2D eigenvalue weighted by Crippen LogP contribution is -2.02. The molecule has 1 N–H and O–H groups in total. The average Bonchev–Trinajstić information content (AvgIpc) is 1.88. The number of hydrogen-bond acceptors (Lipinski definition) is 4. The predicted octanol–water partition coefficient (Wildman–Crippen LogP) is 0.223. The summed E-state index contributed by atoms with van der Waals surface area (Å²) in [6.07, 6.45) is 1.02. The lowest BCUT2D eigenvalue weighted by molar-refractivity contribution is 0.0689. The Kier molecular flexibility index (Phi) is 1.77. The van der Waals surface area contributed by atoms with Gasteiger partial charge in [0.15, 0.2) is 5.69 Å². The van der Waals surface area contributed by atoms with E-state index in [1.807, 2.05) is 0 Å². The van der Waals surface area contributed by atoms with Crippen LogP contribution in [0.4, 0.5) is 0 Å². The highest BCUT2D eigenvalue weighted by molar-refractivity contribution is 6.28. The van der Waals surface area contributed by atoms with E-state index >= 15 is 0 Å². The molecule has 6 heteroatoms. The van der Waals surface area contributed by atoms with Crippen LogP contribution in [0.25, 0.3) is 0 Å². The molecule has 0 aliphatic carbocycles. The van der Waals surface area contributed by atoms with Gasteiger partial charge in [-0.15, -0.1) is 5.10 Å². The highest BCUT2D eigenvalue weighted by atomic mass is 35.5. The molecule has 52 valence electrons. The molecule has 0 bridgehead atoms. The average molecular weight is 160 g/mol. The zero-order valence-corrected chi connectivity index (χ0v) is 5.41. The summed E-state index contributed by atoms with van der Waals surface area (Å²) in [5, 5.41) is 14.7. The molecule has 1 rings (SSSR count). The van der Waals surface area contributed by atoms with E-state index in [0.29, 0.717) is 0 Å². The Balaban J connectivity index is 3.07. The van der Waals surface area contributed by atoms with Gasteiger partial charge in [-0.05, 0) is 11.6 Å². The summed E-state index contributed by atoms with van der Waals surface area (Å²) in [5.74, 6) is -1.17. The van der Waals surface area contributed by atoms with Crippen molar-refractivity contribution in [3.05, 3.63) is 17.2 Å². The van der Waals surface area contributed by atoms with E-state index in [1.165, 1.54) is 0 Å². The molecule has 5 nitrogen and oxygen atoms in total. The molecule has 10 heavy (non-hydrogen) atoms. The van der Waals surface area contributed by atoms with Crippen LogP contribution in [-0.2, 0) is 0 Å². The SMILES string of the molecule is O=C(O)c1cnnc(Cl)n1. The first-order valence-corrected chi connectivity index (χ1v) is 2.66. The van der Waals surface area contributed by atoms with Crippen molar-refractivity contribution in [2.45, 2.75) is 0 Å². The Labute approximate surface area is 60.7 Å². The summed E-state index contributed by atoms with van der Waals surface area (Å²) in [6.45, 7) is 0. The minimum atomic E-state index is -1.17. The molecule has 0 aliphatic heterocycles. The molecule has 0 amide bonds. The zero-order valence-electron chi connectivity index (χ0n) is 4.65. The second-order valence-electron chi connectivity index (χ2n) is 1.42. The van der Waals surface area contributed by atoms with Gasteiger partial charge in [0.2, 0.25) is 5.28 Å². The lowest BCUT2D eigenvalue weighted by Gasteiger charge is -1.89.